The minimum atomic E-state index is -0.313. The number of carbonyl (C=O) groups excluding carboxylic acids is 2. The summed E-state index contributed by atoms with van der Waals surface area (Å²) in [4.78, 5) is 30.5. The van der Waals surface area contributed by atoms with Crippen LogP contribution in [0.25, 0.3) is 0 Å². The summed E-state index contributed by atoms with van der Waals surface area (Å²) in [5, 5.41) is 9.76. The smallest absolute Gasteiger partial charge is 0.319 e. The standard InChI is InChI=1S/C16H18ClN5O2S/c1-10-19-7-12(25-10)8-20-16(24)21-11-2-3-14(13(17)6-11)22-5-4-18-15(23)9-22/h2-3,6-7H,4-5,8-9H2,1H3,(H,18,23)(H2,20,21,24). The van der Waals surface area contributed by atoms with Crippen molar-refractivity contribution in [3.8, 4) is 0 Å². The second kappa shape index (κ2) is 7.71. The summed E-state index contributed by atoms with van der Waals surface area (Å²) in [5.74, 6) is -0.0257. The lowest BCUT2D eigenvalue weighted by atomic mass is 10.2. The number of halogens is 1. The van der Waals surface area contributed by atoms with E-state index in [1.165, 1.54) is 0 Å². The molecule has 1 aromatic carbocycles. The van der Waals surface area contributed by atoms with Gasteiger partial charge in [-0.3, -0.25) is 4.79 Å². The summed E-state index contributed by atoms with van der Waals surface area (Å²) in [5.41, 5.74) is 1.37. The van der Waals surface area contributed by atoms with Crippen LogP contribution in [0.4, 0.5) is 16.2 Å². The maximum absolute atomic E-state index is 12.0. The Morgan fingerprint density at radius 2 is 2.32 bits per heavy atom. The summed E-state index contributed by atoms with van der Waals surface area (Å²) in [6, 6.07) is 4.94. The summed E-state index contributed by atoms with van der Waals surface area (Å²) in [6.45, 7) is 3.92. The highest BCUT2D eigenvalue weighted by Gasteiger charge is 2.18. The third kappa shape index (κ3) is 4.61. The minimum absolute atomic E-state index is 0.0257. The Labute approximate surface area is 154 Å². The van der Waals surface area contributed by atoms with Gasteiger partial charge in [0.25, 0.3) is 0 Å². The van der Waals surface area contributed by atoms with Crippen molar-refractivity contribution in [2.45, 2.75) is 13.5 Å². The first-order valence-corrected chi connectivity index (χ1v) is 8.98. The monoisotopic (exact) mass is 379 g/mol. The molecule has 9 heteroatoms. The zero-order chi connectivity index (χ0) is 17.8. The predicted molar refractivity (Wildman–Crippen MR) is 99.4 cm³/mol. The first-order valence-electron chi connectivity index (χ1n) is 7.78. The van der Waals surface area contributed by atoms with Crippen LogP contribution in [-0.2, 0) is 11.3 Å². The highest BCUT2D eigenvalue weighted by Crippen LogP contribution is 2.29. The Bertz CT molecular complexity index is 795. The van der Waals surface area contributed by atoms with Gasteiger partial charge >= 0.3 is 6.03 Å². The number of thiazole rings is 1. The maximum Gasteiger partial charge on any atom is 0.319 e. The highest BCUT2D eigenvalue weighted by molar-refractivity contribution is 7.11. The lowest BCUT2D eigenvalue weighted by Gasteiger charge is -2.29. The van der Waals surface area contributed by atoms with Gasteiger partial charge in [0.15, 0.2) is 0 Å². The number of urea groups is 1. The molecule has 1 aliphatic heterocycles. The first-order chi connectivity index (χ1) is 12.0. The summed E-state index contributed by atoms with van der Waals surface area (Å²) >= 11 is 7.86. The Morgan fingerprint density at radius 1 is 1.48 bits per heavy atom. The zero-order valence-corrected chi connectivity index (χ0v) is 15.2. The van der Waals surface area contributed by atoms with Crippen molar-refractivity contribution < 1.29 is 9.59 Å². The van der Waals surface area contributed by atoms with Crippen molar-refractivity contribution >= 4 is 46.3 Å². The topological polar surface area (TPSA) is 86.4 Å². The van der Waals surface area contributed by atoms with E-state index in [0.717, 1.165) is 15.6 Å². The van der Waals surface area contributed by atoms with E-state index in [4.69, 9.17) is 11.6 Å². The van der Waals surface area contributed by atoms with Gasteiger partial charge in [0.05, 0.1) is 28.8 Å². The summed E-state index contributed by atoms with van der Waals surface area (Å²) in [6.07, 6.45) is 1.75. The van der Waals surface area contributed by atoms with Crippen LogP contribution in [0.2, 0.25) is 5.02 Å². The predicted octanol–water partition coefficient (Wildman–Crippen LogP) is 2.36. The molecule has 1 fully saturated rings. The van der Waals surface area contributed by atoms with Crippen molar-refractivity contribution in [1.29, 1.82) is 0 Å². The molecule has 3 N–H and O–H groups in total. The van der Waals surface area contributed by atoms with E-state index in [1.54, 1.807) is 29.7 Å². The van der Waals surface area contributed by atoms with Gasteiger partial charge in [-0.2, -0.15) is 0 Å². The molecule has 2 heterocycles. The molecule has 0 saturated carbocycles. The molecular formula is C16H18ClN5O2S. The summed E-state index contributed by atoms with van der Waals surface area (Å²) < 4.78 is 0. The third-order valence-corrected chi connectivity index (χ3v) is 4.89. The summed E-state index contributed by atoms with van der Waals surface area (Å²) in [7, 11) is 0. The molecule has 0 bridgehead atoms. The van der Waals surface area contributed by atoms with Gasteiger partial charge < -0.3 is 20.9 Å². The molecular weight excluding hydrogens is 362 g/mol. The van der Waals surface area contributed by atoms with Crippen LogP contribution >= 0.6 is 22.9 Å². The molecule has 7 nitrogen and oxygen atoms in total. The number of aromatic nitrogens is 1. The molecule has 3 rings (SSSR count). The number of hydrogen-bond acceptors (Lipinski definition) is 5. The zero-order valence-electron chi connectivity index (χ0n) is 13.6. The average Bonchev–Trinajstić information content (AvgIpc) is 2.98. The van der Waals surface area contributed by atoms with Crippen molar-refractivity contribution in [2.24, 2.45) is 0 Å². The molecule has 0 unspecified atom stereocenters. The van der Waals surface area contributed by atoms with E-state index in [2.05, 4.69) is 20.9 Å². The Morgan fingerprint density at radius 3 is 3.00 bits per heavy atom. The fourth-order valence-electron chi connectivity index (χ4n) is 2.52. The van der Waals surface area contributed by atoms with Gasteiger partial charge in [0, 0.05) is 29.9 Å². The Balaban J connectivity index is 1.58. The van der Waals surface area contributed by atoms with Gasteiger partial charge in [-0.15, -0.1) is 11.3 Å². The van der Waals surface area contributed by atoms with Crippen LogP contribution in [0.5, 0.6) is 0 Å². The number of anilines is 2. The van der Waals surface area contributed by atoms with Gasteiger partial charge in [-0.25, -0.2) is 9.78 Å². The number of carbonyl (C=O) groups is 2. The average molecular weight is 380 g/mol. The first kappa shape index (κ1) is 17.5. The number of benzene rings is 1. The molecule has 1 aliphatic rings. The van der Waals surface area contributed by atoms with Crippen molar-refractivity contribution in [2.75, 3.05) is 29.9 Å². The van der Waals surface area contributed by atoms with Crippen LogP contribution in [0.15, 0.2) is 24.4 Å². The molecule has 2 aromatic rings. The van der Waals surface area contributed by atoms with Crippen LogP contribution in [0.3, 0.4) is 0 Å². The van der Waals surface area contributed by atoms with Crippen molar-refractivity contribution in [3.05, 3.63) is 39.3 Å². The largest absolute Gasteiger partial charge is 0.359 e. The quantitative estimate of drug-likeness (QED) is 0.761. The van der Waals surface area contributed by atoms with Crippen LogP contribution < -0.4 is 20.9 Å². The van der Waals surface area contributed by atoms with E-state index in [0.29, 0.717) is 30.3 Å². The van der Waals surface area contributed by atoms with Gasteiger partial charge in [-0.05, 0) is 25.1 Å². The molecule has 0 aliphatic carbocycles. The normalized spacial score (nSPS) is 14.2. The molecule has 0 spiro atoms. The van der Waals surface area contributed by atoms with E-state index < -0.39 is 0 Å². The van der Waals surface area contributed by atoms with E-state index >= 15 is 0 Å². The minimum Gasteiger partial charge on any atom is -0.359 e. The van der Waals surface area contributed by atoms with Crippen LogP contribution in [0, 0.1) is 6.92 Å². The molecule has 0 atom stereocenters. The van der Waals surface area contributed by atoms with E-state index in [-0.39, 0.29) is 18.5 Å². The molecule has 0 radical (unpaired) electrons. The molecule has 1 saturated heterocycles. The van der Waals surface area contributed by atoms with Gasteiger partial charge in [0.1, 0.15) is 0 Å². The van der Waals surface area contributed by atoms with Crippen molar-refractivity contribution in [1.82, 2.24) is 15.6 Å². The number of hydrogen-bond donors (Lipinski definition) is 3. The SMILES string of the molecule is Cc1ncc(CNC(=O)Nc2ccc(N3CCNC(=O)C3)c(Cl)c2)s1. The molecule has 25 heavy (non-hydrogen) atoms. The Kier molecular flexibility index (Phi) is 5.40. The molecule has 3 amide bonds. The van der Waals surface area contributed by atoms with Crippen molar-refractivity contribution in [3.63, 3.8) is 0 Å². The number of rotatable bonds is 4. The van der Waals surface area contributed by atoms with E-state index in [1.807, 2.05) is 17.9 Å². The number of amides is 3. The molecule has 132 valence electrons. The van der Waals surface area contributed by atoms with Gasteiger partial charge in [0.2, 0.25) is 5.91 Å². The maximum atomic E-state index is 12.0. The van der Waals surface area contributed by atoms with Crippen LogP contribution in [-0.4, -0.2) is 36.6 Å². The fraction of sp³-hybridized carbons (Fsp3) is 0.312. The lowest BCUT2D eigenvalue weighted by Crippen LogP contribution is -2.47. The third-order valence-electron chi connectivity index (χ3n) is 3.68. The van der Waals surface area contributed by atoms with Crippen LogP contribution in [0.1, 0.15) is 9.88 Å². The number of nitrogens with zero attached hydrogens (tertiary/aromatic N) is 2. The second-order valence-electron chi connectivity index (χ2n) is 5.59. The fourth-order valence-corrected chi connectivity index (χ4v) is 3.55. The van der Waals surface area contributed by atoms with E-state index in [9.17, 15) is 9.59 Å². The number of nitrogens with one attached hydrogen (secondary N) is 3. The number of aryl methyl sites for hydroxylation is 1. The molecule has 1 aromatic heterocycles. The highest BCUT2D eigenvalue weighted by atomic mass is 35.5. The number of piperazine rings is 1. The van der Waals surface area contributed by atoms with Gasteiger partial charge in [-0.1, -0.05) is 11.6 Å². The lowest BCUT2D eigenvalue weighted by molar-refractivity contribution is -0.120. The Hall–Kier alpha value is -2.32. The second-order valence-corrected chi connectivity index (χ2v) is 7.32.